The number of hydrogen-bond donors (Lipinski definition) is 0. The molecule has 0 bridgehead atoms. The van der Waals surface area contributed by atoms with Gasteiger partial charge in [0.25, 0.3) is 10.2 Å². The van der Waals surface area contributed by atoms with Crippen molar-refractivity contribution in [1.82, 2.24) is 8.61 Å². The molecule has 0 aromatic carbocycles. The van der Waals surface area contributed by atoms with Crippen LogP contribution < -0.4 is 0 Å². The molecule has 0 unspecified atom stereocenters. The highest BCUT2D eigenvalue weighted by Crippen LogP contribution is 2.30. The van der Waals surface area contributed by atoms with E-state index in [9.17, 15) is 13.2 Å². The molecule has 1 aliphatic heterocycles. The van der Waals surface area contributed by atoms with Crippen LogP contribution in [0.2, 0.25) is 0 Å². The van der Waals surface area contributed by atoms with Crippen LogP contribution in [0.15, 0.2) is 0 Å². The van der Waals surface area contributed by atoms with Crippen LogP contribution in [0.1, 0.15) is 39.0 Å². The molecule has 1 heterocycles. The lowest BCUT2D eigenvalue weighted by Crippen LogP contribution is -2.57. The van der Waals surface area contributed by atoms with Gasteiger partial charge in [-0.25, -0.2) is 0 Å². The maximum absolute atomic E-state index is 12.7. The average molecular weight is 318 g/mol. The Labute approximate surface area is 127 Å². The molecule has 2 aliphatic rings. The standard InChI is InChI=1S/C14H26N2O4S/c1-3-8-15(2)21(18,19)16-9-10-20-11-13(16)12-6-4-5-7-14(12)17/h12-13H,3-11H2,1-2H3/t12-,13-/m1/s1. The predicted octanol–water partition coefficient (Wildman–Crippen LogP) is 1.03. The van der Waals surface area contributed by atoms with E-state index in [1.54, 1.807) is 7.05 Å². The molecule has 0 spiro atoms. The van der Waals surface area contributed by atoms with Crippen molar-refractivity contribution in [2.45, 2.75) is 45.1 Å². The summed E-state index contributed by atoms with van der Waals surface area (Å²) >= 11 is 0. The van der Waals surface area contributed by atoms with E-state index in [-0.39, 0.29) is 17.7 Å². The Morgan fingerprint density at radius 2 is 2.14 bits per heavy atom. The fraction of sp³-hybridized carbons (Fsp3) is 0.929. The highest BCUT2D eigenvalue weighted by Gasteiger charge is 2.42. The molecule has 0 aromatic heterocycles. The summed E-state index contributed by atoms with van der Waals surface area (Å²) in [6.45, 7) is 3.51. The fourth-order valence-corrected chi connectivity index (χ4v) is 4.86. The molecule has 6 nitrogen and oxygen atoms in total. The van der Waals surface area contributed by atoms with Gasteiger partial charge in [-0.15, -0.1) is 0 Å². The van der Waals surface area contributed by atoms with E-state index >= 15 is 0 Å². The first kappa shape index (κ1) is 16.9. The quantitative estimate of drug-likeness (QED) is 0.759. The van der Waals surface area contributed by atoms with Crippen molar-refractivity contribution in [1.29, 1.82) is 0 Å². The third-order valence-corrected chi connectivity index (χ3v) is 6.43. The summed E-state index contributed by atoms with van der Waals surface area (Å²) in [6, 6.07) is -0.337. The number of carbonyl (C=O) groups excluding carboxylic acids is 1. The maximum atomic E-state index is 12.7. The minimum absolute atomic E-state index is 0.190. The van der Waals surface area contributed by atoms with E-state index in [2.05, 4.69) is 0 Å². The van der Waals surface area contributed by atoms with Crippen molar-refractivity contribution in [2.24, 2.45) is 5.92 Å². The van der Waals surface area contributed by atoms with Crippen LogP contribution in [0.25, 0.3) is 0 Å². The second-order valence-corrected chi connectivity index (χ2v) is 7.89. The Kier molecular flexibility index (Phi) is 5.76. The SMILES string of the molecule is CCCN(C)S(=O)(=O)N1CCOC[C@@H]1[C@H]1CCCCC1=O. The molecule has 0 radical (unpaired) electrons. The molecule has 0 N–H and O–H groups in total. The zero-order chi connectivity index (χ0) is 15.5. The summed E-state index contributed by atoms with van der Waals surface area (Å²) in [4.78, 5) is 12.2. The molecule has 1 saturated carbocycles. The summed E-state index contributed by atoms with van der Waals surface area (Å²) in [6.07, 6.45) is 4.03. The third kappa shape index (κ3) is 3.64. The van der Waals surface area contributed by atoms with Gasteiger partial charge in [0.05, 0.1) is 19.3 Å². The summed E-state index contributed by atoms with van der Waals surface area (Å²) in [5, 5.41) is 0. The van der Waals surface area contributed by atoms with Gasteiger partial charge in [-0.3, -0.25) is 4.79 Å². The first-order chi connectivity index (χ1) is 9.98. The number of nitrogens with zero attached hydrogens (tertiary/aromatic N) is 2. The van der Waals surface area contributed by atoms with Crippen LogP contribution in [-0.4, -0.2) is 62.2 Å². The second-order valence-electron chi connectivity index (χ2n) is 5.90. The van der Waals surface area contributed by atoms with Crippen LogP contribution in [0.5, 0.6) is 0 Å². The zero-order valence-corrected chi connectivity index (χ0v) is 13.8. The van der Waals surface area contributed by atoms with E-state index < -0.39 is 10.2 Å². The van der Waals surface area contributed by atoms with Crippen LogP contribution in [-0.2, 0) is 19.7 Å². The van der Waals surface area contributed by atoms with Gasteiger partial charge >= 0.3 is 0 Å². The van der Waals surface area contributed by atoms with Crippen LogP contribution >= 0.6 is 0 Å². The van der Waals surface area contributed by atoms with E-state index in [1.165, 1.54) is 8.61 Å². The Morgan fingerprint density at radius 3 is 2.81 bits per heavy atom. The molecule has 7 heteroatoms. The lowest BCUT2D eigenvalue weighted by Gasteiger charge is -2.41. The number of Topliss-reactive ketones (excluding diaryl/α,β-unsaturated/α-hetero) is 1. The minimum atomic E-state index is -3.51. The van der Waals surface area contributed by atoms with Crippen LogP contribution in [0.3, 0.4) is 0 Å². The first-order valence-electron chi connectivity index (χ1n) is 7.82. The molecular formula is C14H26N2O4S. The summed E-state index contributed by atoms with van der Waals surface area (Å²) < 4.78 is 33.8. The van der Waals surface area contributed by atoms with E-state index in [0.717, 1.165) is 25.7 Å². The van der Waals surface area contributed by atoms with Crippen molar-refractivity contribution in [3.63, 3.8) is 0 Å². The van der Waals surface area contributed by atoms with Gasteiger partial charge < -0.3 is 4.74 Å². The lowest BCUT2D eigenvalue weighted by molar-refractivity contribution is -0.128. The summed E-state index contributed by atoms with van der Waals surface area (Å²) in [5.41, 5.74) is 0. The van der Waals surface area contributed by atoms with Gasteiger partial charge in [0.1, 0.15) is 5.78 Å². The first-order valence-corrected chi connectivity index (χ1v) is 9.21. The predicted molar refractivity (Wildman–Crippen MR) is 80.1 cm³/mol. The number of carbonyl (C=O) groups is 1. The van der Waals surface area contributed by atoms with Gasteiger partial charge in [0.2, 0.25) is 0 Å². The Morgan fingerprint density at radius 1 is 1.38 bits per heavy atom. The number of morpholine rings is 1. The molecule has 2 rings (SSSR count). The van der Waals surface area contributed by atoms with Gasteiger partial charge in [-0.1, -0.05) is 13.3 Å². The van der Waals surface area contributed by atoms with E-state index in [0.29, 0.717) is 32.7 Å². The van der Waals surface area contributed by atoms with Gasteiger partial charge in [-0.2, -0.15) is 17.0 Å². The summed E-state index contributed by atoms with van der Waals surface area (Å²) in [5.74, 6) is -0.0149. The summed E-state index contributed by atoms with van der Waals surface area (Å²) in [7, 11) is -1.91. The van der Waals surface area contributed by atoms with Crippen molar-refractivity contribution < 1.29 is 17.9 Å². The minimum Gasteiger partial charge on any atom is -0.378 e. The molecule has 2 atom stereocenters. The normalized spacial score (nSPS) is 29.0. The third-order valence-electron chi connectivity index (χ3n) is 4.41. The van der Waals surface area contributed by atoms with Crippen molar-refractivity contribution in [2.75, 3.05) is 33.4 Å². The Balaban J connectivity index is 2.20. The van der Waals surface area contributed by atoms with Gasteiger partial charge in [0, 0.05) is 32.5 Å². The van der Waals surface area contributed by atoms with Gasteiger partial charge in [-0.05, 0) is 19.3 Å². The topological polar surface area (TPSA) is 66.9 Å². The van der Waals surface area contributed by atoms with Crippen LogP contribution in [0.4, 0.5) is 0 Å². The largest absolute Gasteiger partial charge is 0.378 e. The zero-order valence-electron chi connectivity index (χ0n) is 13.0. The monoisotopic (exact) mass is 318 g/mol. The fourth-order valence-electron chi connectivity index (χ4n) is 3.24. The highest BCUT2D eigenvalue weighted by atomic mass is 32.2. The number of ether oxygens (including phenoxy) is 1. The lowest BCUT2D eigenvalue weighted by atomic mass is 9.82. The van der Waals surface area contributed by atoms with Crippen molar-refractivity contribution >= 4 is 16.0 Å². The maximum Gasteiger partial charge on any atom is 0.282 e. The smallest absolute Gasteiger partial charge is 0.282 e. The van der Waals surface area contributed by atoms with Crippen LogP contribution in [0, 0.1) is 5.92 Å². The van der Waals surface area contributed by atoms with E-state index in [4.69, 9.17) is 4.74 Å². The Bertz CT molecular complexity index is 466. The molecular weight excluding hydrogens is 292 g/mol. The number of hydrogen-bond acceptors (Lipinski definition) is 4. The average Bonchev–Trinajstić information content (AvgIpc) is 2.48. The van der Waals surface area contributed by atoms with E-state index in [1.807, 2.05) is 6.92 Å². The second kappa shape index (κ2) is 7.17. The molecule has 0 amide bonds. The molecule has 1 saturated heterocycles. The number of rotatable bonds is 5. The highest BCUT2D eigenvalue weighted by molar-refractivity contribution is 7.86. The molecule has 1 aliphatic carbocycles. The number of ketones is 1. The van der Waals surface area contributed by atoms with Crippen molar-refractivity contribution in [3.8, 4) is 0 Å². The molecule has 21 heavy (non-hydrogen) atoms. The molecule has 2 fully saturated rings. The molecule has 0 aromatic rings. The Hall–Kier alpha value is -0.500. The van der Waals surface area contributed by atoms with Gasteiger partial charge in [0.15, 0.2) is 0 Å². The van der Waals surface area contributed by atoms with Crippen molar-refractivity contribution in [3.05, 3.63) is 0 Å². The molecule has 122 valence electrons.